The summed E-state index contributed by atoms with van der Waals surface area (Å²) >= 11 is 1.57. The van der Waals surface area contributed by atoms with Crippen LogP contribution in [-0.2, 0) is 0 Å². The number of nitro groups is 1. The molecule has 0 saturated carbocycles. The molecule has 0 saturated heterocycles. The maximum absolute atomic E-state index is 10.7. The number of rotatable bonds is 2. The first-order chi connectivity index (χ1) is 10.2. The number of nitro benzene ring substituents is 1. The maximum atomic E-state index is 10.7. The van der Waals surface area contributed by atoms with E-state index in [4.69, 9.17) is 0 Å². The Morgan fingerprint density at radius 1 is 1.19 bits per heavy atom. The summed E-state index contributed by atoms with van der Waals surface area (Å²) in [6.45, 7) is 0. The Kier molecular flexibility index (Phi) is 2.48. The van der Waals surface area contributed by atoms with Crippen molar-refractivity contribution >= 4 is 32.2 Å². The van der Waals surface area contributed by atoms with Gasteiger partial charge in [-0.1, -0.05) is 11.3 Å². The Morgan fingerprint density at radius 3 is 2.76 bits per heavy atom. The summed E-state index contributed by atoms with van der Waals surface area (Å²) in [6.07, 6.45) is 5.51. The minimum atomic E-state index is -0.407. The van der Waals surface area contributed by atoms with Gasteiger partial charge in [0.25, 0.3) is 5.69 Å². The van der Waals surface area contributed by atoms with Gasteiger partial charge in [-0.15, -0.1) is 0 Å². The standard InChI is InChI=1S/C14H8N4O2S/c19-18(20)10-3-1-9(2-4-10)11-8-17-12-5-6-15-7-13(12)21-14(17)16-11/h1-8H. The van der Waals surface area contributed by atoms with Gasteiger partial charge in [0.05, 0.1) is 20.8 Å². The number of nitrogens with zero attached hydrogens (tertiary/aromatic N) is 4. The Labute approximate surface area is 122 Å². The molecule has 0 N–H and O–H groups in total. The molecule has 0 spiro atoms. The number of thiazole rings is 1. The molecule has 1 aromatic carbocycles. The second-order valence-corrected chi connectivity index (χ2v) is 5.54. The minimum absolute atomic E-state index is 0.0799. The Balaban J connectivity index is 1.85. The predicted molar refractivity (Wildman–Crippen MR) is 80.5 cm³/mol. The highest BCUT2D eigenvalue weighted by molar-refractivity contribution is 7.23. The molecule has 102 valence electrons. The van der Waals surface area contributed by atoms with Gasteiger partial charge in [0.15, 0.2) is 4.96 Å². The van der Waals surface area contributed by atoms with E-state index in [9.17, 15) is 10.1 Å². The molecule has 0 unspecified atom stereocenters. The molecule has 6 nitrogen and oxygen atoms in total. The van der Waals surface area contributed by atoms with E-state index in [-0.39, 0.29) is 5.69 Å². The van der Waals surface area contributed by atoms with Crippen LogP contribution in [0.25, 0.3) is 26.4 Å². The zero-order chi connectivity index (χ0) is 14.4. The number of imidazole rings is 1. The van der Waals surface area contributed by atoms with Crippen molar-refractivity contribution in [1.29, 1.82) is 0 Å². The summed E-state index contributed by atoms with van der Waals surface area (Å²) < 4.78 is 3.09. The lowest BCUT2D eigenvalue weighted by atomic mass is 10.1. The van der Waals surface area contributed by atoms with E-state index in [1.807, 2.05) is 22.9 Å². The van der Waals surface area contributed by atoms with Gasteiger partial charge >= 0.3 is 0 Å². The van der Waals surface area contributed by atoms with E-state index in [0.717, 1.165) is 26.4 Å². The summed E-state index contributed by atoms with van der Waals surface area (Å²) in [7, 11) is 0. The molecule has 0 atom stereocenters. The monoisotopic (exact) mass is 296 g/mol. The van der Waals surface area contributed by atoms with Gasteiger partial charge in [-0.25, -0.2) is 4.98 Å². The lowest BCUT2D eigenvalue weighted by Crippen LogP contribution is -1.87. The van der Waals surface area contributed by atoms with Crippen molar-refractivity contribution < 1.29 is 4.92 Å². The third-order valence-corrected chi connectivity index (χ3v) is 4.28. The molecule has 7 heteroatoms. The fourth-order valence-corrected chi connectivity index (χ4v) is 3.22. The maximum Gasteiger partial charge on any atom is 0.269 e. The van der Waals surface area contributed by atoms with Crippen LogP contribution in [-0.4, -0.2) is 19.3 Å². The number of hydrogen-bond acceptors (Lipinski definition) is 5. The Morgan fingerprint density at radius 2 is 2.00 bits per heavy atom. The SMILES string of the molecule is O=[N+]([O-])c1ccc(-c2cn3c(n2)sc2cnccc23)cc1. The molecular formula is C14H8N4O2S. The first kappa shape index (κ1) is 12.0. The second kappa shape index (κ2) is 4.35. The lowest BCUT2D eigenvalue weighted by Gasteiger charge is -1.95. The molecule has 4 aromatic rings. The van der Waals surface area contributed by atoms with Gasteiger partial charge in [-0.05, 0) is 18.2 Å². The number of hydrogen-bond donors (Lipinski definition) is 0. The molecule has 0 amide bonds. The number of aromatic nitrogens is 3. The van der Waals surface area contributed by atoms with Crippen LogP contribution in [0.4, 0.5) is 5.69 Å². The number of pyridine rings is 1. The second-order valence-electron chi connectivity index (χ2n) is 4.53. The van der Waals surface area contributed by atoms with Crippen molar-refractivity contribution in [3.05, 3.63) is 59.0 Å². The minimum Gasteiger partial charge on any atom is -0.290 e. The van der Waals surface area contributed by atoms with Gasteiger partial charge in [0.1, 0.15) is 0 Å². The van der Waals surface area contributed by atoms with Crippen LogP contribution in [0, 0.1) is 10.1 Å². The van der Waals surface area contributed by atoms with Crippen LogP contribution >= 0.6 is 11.3 Å². The molecule has 0 bridgehead atoms. The predicted octanol–water partition coefficient (Wildman–Crippen LogP) is 3.52. The number of fused-ring (bicyclic) bond motifs is 3. The normalized spacial score (nSPS) is 11.2. The van der Waals surface area contributed by atoms with Crippen molar-refractivity contribution in [3.8, 4) is 11.3 Å². The van der Waals surface area contributed by atoms with E-state index in [1.54, 1.807) is 29.7 Å². The lowest BCUT2D eigenvalue weighted by molar-refractivity contribution is -0.384. The molecule has 0 aliphatic heterocycles. The van der Waals surface area contributed by atoms with Crippen molar-refractivity contribution in [2.45, 2.75) is 0 Å². The third-order valence-electron chi connectivity index (χ3n) is 3.27. The average Bonchev–Trinajstić information content (AvgIpc) is 3.05. The Hall–Kier alpha value is -2.80. The summed E-state index contributed by atoms with van der Waals surface area (Å²) in [5, 5.41) is 10.7. The first-order valence-corrected chi connectivity index (χ1v) is 7.00. The van der Waals surface area contributed by atoms with Gasteiger partial charge in [0, 0.05) is 36.3 Å². The third kappa shape index (κ3) is 1.86. The van der Waals surface area contributed by atoms with Gasteiger partial charge < -0.3 is 0 Å². The average molecular weight is 296 g/mol. The highest BCUT2D eigenvalue weighted by atomic mass is 32.1. The van der Waals surface area contributed by atoms with Crippen LogP contribution in [0.2, 0.25) is 0 Å². The fourth-order valence-electron chi connectivity index (χ4n) is 2.25. The molecule has 4 rings (SSSR count). The molecule has 0 fully saturated rings. The molecule has 0 aliphatic carbocycles. The van der Waals surface area contributed by atoms with Gasteiger partial charge in [-0.3, -0.25) is 19.5 Å². The van der Waals surface area contributed by atoms with Gasteiger partial charge in [0.2, 0.25) is 0 Å². The molecule has 0 aliphatic rings. The first-order valence-electron chi connectivity index (χ1n) is 6.19. The van der Waals surface area contributed by atoms with Crippen LogP contribution in [0.5, 0.6) is 0 Å². The molecule has 21 heavy (non-hydrogen) atoms. The van der Waals surface area contributed by atoms with E-state index in [2.05, 4.69) is 9.97 Å². The van der Waals surface area contributed by atoms with Crippen LogP contribution in [0.1, 0.15) is 0 Å². The zero-order valence-corrected chi connectivity index (χ0v) is 11.4. The summed E-state index contributed by atoms with van der Waals surface area (Å²) in [6, 6.07) is 8.36. The molecule has 3 heterocycles. The largest absolute Gasteiger partial charge is 0.290 e. The van der Waals surface area contributed by atoms with Crippen LogP contribution in [0.3, 0.4) is 0 Å². The molecule has 0 radical (unpaired) electrons. The van der Waals surface area contributed by atoms with Crippen LogP contribution in [0.15, 0.2) is 48.9 Å². The number of benzene rings is 1. The topological polar surface area (TPSA) is 73.3 Å². The summed E-state index contributed by atoms with van der Waals surface area (Å²) in [4.78, 5) is 19.8. The summed E-state index contributed by atoms with van der Waals surface area (Å²) in [5.41, 5.74) is 2.80. The fraction of sp³-hybridized carbons (Fsp3) is 0. The highest BCUT2D eigenvalue weighted by Crippen LogP contribution is 2.29. The summed E-state index contributed by atoms with van der Waals surface area (Å²) in [5.74, 6) is 0. The van der Waals surface area contributed by atoms with E-state index in [0.29, 0.717) is 0 Å². The molecule has 3 aromatic heterocycles. The smallest absolute Gasteiger partial charge is 0.269 e. The van der Waals surface area contributed by atoms with Crippen molar-refractivity contribution in [3.63, 3.8) is 0 Å². The van der Waals surface area contributed by atoms with Crippen LogP contribution < -0.4 is 0 Å². The zero-order valence-electron chi connectivity index (χ0n) is 10.6. The molecular weight excluding hydrogens is 288 g/mol. The van der Waals surface area contributed by atoms with Crippen molar-refractivity contribution in [1.82, 2.24) is 14.4 Å². The Bertz CT molecular complexity index is 972. The van der Waals surface area contributed by atoms with Crippen molar-refractivity contribution in [2.24, 2.45) is 0 Å². The van der Waals surface area contributed by atoms with Crippen molar-refractivity contribution in [2.75, 3.05) is 0 Å². The highest BCUT2D eigenvalue weighted by Gasteiger charge is 2.11. The van der Waals surface area contributed by atoms with E-state index in [1.165, 1.54) is 12.1 Å². The number of non-ortho nitro benzene ring substituents is 1. The quantitative estimate of drug-likeness (QED) is 0.419. The van der Waals surface area contributed by atoms with Gasteiger partial charge in [-0.2, -0.15) is 0 Å². The van der Waals surface area contributed by atoms with E-state index < -0.39 is 4.92 Å². The van der Waals surface area contributed by atoms with E-state index >= 15 is 0 Å².